The summed E-state index contributed by atoms with van der Waals surface area (Å²) in [6, 6.07) is 4.70. The topological polar surface area (TPSA) is 122 Å². The number of nitrogens with zero attached hydrogens (tertiary/aromatic N) is 2. The van der Waals surface area contributed by atoms with Gasteiger partial charge in [0.1, 0.15) is 0 Å². The van der Waals surface area contributed by atoms with Crippen molar-refractivity contribution in [1.29, 1.82) is 0 Å². The molecular weight excluding hydrogens is 328 g/mol. The van der Waals surface area contributed by atoms with Gasteiger partial charge in [-0.1, -0.05) is 0 Å². The van der Waals surface area contributed by atoms with Crippen molar-refractivity contribution in [3.63, 3.8) is 0 Å². The van der Waals surface area contributed by atoms with E-state index < -0.39 is 11.8 Å². The maximum atomic E-state index is 12.6. The molecule has 4 N–H and O–H groups in total. The van der Waals surface area contributed by atoms with Crippen LogP contribution in [0.15, 0.2) is 18.2 Å². The fraction of sp³-hybridized carbons (Fsp3) is 0.529. The Balaban J connectivity index is 3.12. The van der Waals surface area contributed by atoms with Crippen molar-refractivity contribution in [3.05, 3.63) is 34.9 Å². The Morgan fingerprint density at radius 2 is 1.04 bits per heavy atom. The van der Waals surface area contributed by atoms with Crippen LogP contribution < -0.4 is 0 Å². The van der Waals surface area contributed by atoms with E-state index in [9.17, 15) is 9.59 Å². The molecule has 0 atom stereocenters. The van der Waals surface area contributed by atoms with E-state index in [4.69, 9.17) is 20.4 Å². The Hall–Kier alpha value is -2.00. The van der Waals surface area contributed by atoms with Crippen molar-refractivity contribution in [3.8, 4) is 0 Å². The molecule has 140 valence electrons. The third-order valence-corrected chi connectivity index (χ3v) is 3.63. The van der Waals surface area contributed by atoms with Crippen LogP contribution in [0.1, 0.15) is 26.3 Å². The monoisotopic (exact) mass is 354 g/mol. The fourth-order valence-corrected chi connectivity index (χ4v) is 2.51. The first-order chi connectivity index (χ1) is 12.0. The zero-order chi connectivity index (χ0) is 18.8. The summed E-state index contributed by atoms with van der Waals surface area (Å²) in [4.78, 5) is 27.8. The summed E-state index contributed by atoms with van der Waals surface area (Å²) in [6.07, 6.45) is 0. The first kappa shape index (κ1) is 21.0. The second kappa shape index (κ2) is 10.8. The zero-order valence-corrected chi connectivity index (χ0v) is 14.4. The second-order valence-corrected chi connectivity index (χ2v) is 5.57. The molecule has 2 amide bonds. The Morgan fingerprint density at radius 3 is 1.32 bits per heavy atom. The molecule has 25 heavy (non-hydrogen) atoms. The number of carbonyl (C=O) groups is 2. The molecule has 0 bridgehead atoms. The normalized spacial score (nSPS) is 10.6. The summed E-state index contributed by atoms with van der Waals surface area (Å²) in [6.45, 7) is 1.14. The summed E-state index contributed by atoms with van der Waals surface area (Å²) in [5.74, 6) is -0.784. The molecule has 0 saturated heterocycles. The Labute approximate surface area is 146 Å². The first-order valence-electron chi connectivity index (χ1n) is 8.12. The summed E-state index contributed by atoms with van der Waals surface area (Å²) in [5.41, 5.74) is 1.26. The van der Waals surface area contributed by atoms with E-state index in [0.717, 1.165) is 0 Å². The zero-order valence-electron chi connectivity index (χ0n) is 14.4. The number of hydrogen-bond acceptors (Lipinski definition) is 6. The highest BCUT2D eigenvalue weighted by molar-refractivity contribution is 6.00. The molecule has 0 aromatic heterocycles. The molecule has 1 rings (SSSR count). The van der Waals surface area contributed by atoms with Gasteiger partial charge in [-0.25, -0.2) is 0 Å². The largest absolute Gasteiger partial charge is 0.395 e. The van der Waals surface area contributed by atoms with Gasteiger partial charge in [0.15, 0.2) is 0 Å². The Bertz CT molecular complexity index is 520. The van der Waals surface area contributed by atoms with Crippen LogP contribution in [-0.4, -0.2) is 94.6 Å². The van der Waals surface area contributed by atoms with Crippen molar-refractivity contribution >= 4 is 11.8 Å². The van der Waals surface area contributed by atoms with Crippen LogP contribution in [0.3, 0.4) is 0 Å². The lowest BCUT2D eigenvalue weighted by Crippen LogP contribution is -2.37. The van der Waals surface area contributed by atoms with Gasteiger partial charge < -0.3 is 30.2 Å². The van der Waals surface area contributed by atoms with Crippen molar-refractivity contribution in [2.24, 2.45) is 0 Å². The molecule has 8 nitrogen and oxygen atoms in total. The number of aliphatic hydroxyl groups excluding tert-OH is 4. The number of benzene rings is 1. The van der Waals surface area contributed by atoms with Gasteiger partial charge in [-0.3, -0.25) is 9.59 Å². The Kier molecular flexibility index (Phi) is 9.07. The van der Waals surface area contributed by atoms with Gasteiger partial charge in [-0.05, 0) is 30.7 Å². The maximum absolute atomic E-state index is 12.6. The molecule has 0 aliphatic carbocycles. The maximum Gasteiger partial charge on any atom is 0.254 e. The van der Waals surface area contributed by atoms with Gasteiger partial charge in [-0.15, -0.1) is 0 Å². The van der Waals surface area contributed by atoms with Crippen molar-refractivity contribution < 1.29 is 30.0 Å². The second-order valence-electron chi connectivity index (χ2n) is 5.57. The third-order valence-electron chi connectivity index (χ3n) is 3.63. The summed E-state index contributed by atoms with van der Waals surface area (Å²) >= 11 is 0. The minimum atomic E-state index is -0.392. The lowest BCUT2D eigenvalue weighted by Gasteiger charge is -2.23. The number of aliphatic hydroxyl groups is 4. The van der Waals surface area contributed by atoms with Gasteiger partial charge in [0, 0.05) is 37.3 Å². The number of amides is 2. The van der Waals surface area contributed by atoms with Crippen LogP contribution in [0.2, 0.25) is 0 Å². The van der Waals surface area contributed by atoms with Crippen LogP contribution in [-0.2, 0) is 0 Å². The molecule has 1 aromatic rings. The highest BCUT2D eigenvalue weighted by Crippen LogP contribution is 2.14. The summed E-state index contributed by atoms with van der Waals surface area (Å²) in [5, 5.41) is 36.3. The van der Waals surface area contributed by atoms with E-state index in [1.807, 2.05) is 0 Å². The van der Waals surface area contributed by atoms with Crippen LogP contribution in [0.25, 0.3) is 0 Å². The molecule has 0 aliphatic rings. The lowest BCUT2D eigenvalue weighted by molar-refractivity contribution is 0.0680. The molecule has 0 spiro atoms. The van der Waals surface area contributed by atoms with E-state index >= 15 is 0 Å². The number of carbonyl (C=O) groups excluding carboxylic acids is 2. The predicted molar refractivity (Wildman–Crippen MR) is 91.3 cm³/mol. The van der Waals surface area contributed by atoms with Crippen molar-refractivity contribution in [2.75, 3.05) is 52.6 Å². The summed E-state index contributed by atoms with van der Waals surface area (Å²) < 4.78 is 0. The van der Waals surface area contributed by atoms with E-state index in [-0.39, 0.29) is 63.7 Å². The standard InChI is InChI=1S/C17H26N2O6/c1-13-10-14(16(24)18(2-6-20)3-7-21)12-15(11-13)17(25)19(4-8-22)5-9-23/h10-12,20-23H,2-9H2,1H3. The van der Waals surface area contributed by atoms with Crippen LogP contribution in [0.5, 0.6) is 0 Å². The molecule has 0 radical (unpaired) electrons. The van der Waals surface area contributed by atoms with E-state index in [1.165, 1.54) is 15.9 Å². The predicted octanol–water partition coefficient (Wildman–Crippen LogP) is -1.15. The Morgan fingerprint density at radius 1 is 0.720 bits per heavy atom. The molecule has 0 aliphatic heterocycles. The highest BCUT2D eigenvalue weighted by atomic mass is 16.3. The third kappa shape index (κ3) is 6.09. The molecule has 0 unspecified atom stereocenters. The molecular formula is C17H26N2O6. The van der Waals surface area contributed by atoms with Crippen LogP contribution in [0.4, 0.5) is 0 Å². The molecule has 8 heteroatoms. The van der Waals surface area contributed by atoms with Crippen molar-refractivity contribution in [2.45, 2.75) is 6.92 Å². The van der Waals surface area contributed by atoms with E-state index in [1.54, 1.807) is 19.1 Å². The van der Waals surface area contributed by atoms with Gasteiger partial charge in [0.2, 0.25) is 0 Å². The van der Waals surface area contributed by atoms with Gasteiger partial charge in [0.05, 0.1) is 26.4 Å². The number of aryl methyl sites for hydroxylation is 1. The summed E-state index contributed by atoms with van der Waals surface area (Å²) in [7, 11) is 0. The van der Waals surface area contributed by atoms with Crippen molar-refractivity contribution in [1.82, 2.24) is 9.80 Å². The number of hydrogen-bond donors (Lipinski definition) is 4. The van der Waals surface area contributed by atoms with Gasteiger partial charge in [-0.2, -0.15) is 0 Å². The van der Waals surface area contributed by atoms with Crippen LogP contribution in [0, 0.1) is 6.92 Å². The minimum Gasteiger partial charge on any atom is -0.395 e. The molecule has 0 heterocycles. The lowest BCUT2D eigenvalue weighted by atomic mass is 10.0. The molecule has 0 fully saturated rings. The fourth-order valence-electron chi connectivity index (χ4n) is 2.51. The highest BCUT2D eigenvalue weighted by Gasteiger charge is 2.20. The first-order valence-corrected chi connectivity index (χ1v) is 8.12. The SMILES string of the molecule is Cc1cc(C(=O)N(CCO)CCO)cc(C(=O)N(CCO)CCO)c1. The molecule has 1 aromatic carbocycles. The van der Waals surface area contributed by atoms with E-state index in [2.05, 4.69) is 0 Å². The van der Waals surface area contributed by atoms with Crippen LogP contribution >= 0.6 is 0 Å². The van der Waals surface area contributed by atoms with Gasteiger partial charge in [0.25, 0.3) is 11.8 Å². The average Bonchev–Trinajstić information content (AvgIpc) is 2.59. The van der Waals surface area contributed by atoms with E-state index in [0.29, 0.717) is 5.56 Å². The quantitative estimate of drug-likeness (QED) is 0.421. The van der Waals surface area contributed by atoms with Gasteiger partial charge >= 0.3 is 0 Å². The smallest absolute Gasteiger partial charge is 0.254 e. The average molecular weight is 354 g/mol. The number of rotatable bonds is 10. The molecule has 0 saturated carbocycles. The minimum absolute atomic E-state index is 0.0811.